The second kappa shape index (κ2) is 4.97. The molecule has 2 atom stereocenters. The molecule has 0 amide bonds. The van der Waals surface area contributed by atoms with Crippen LogP contribution in [0.5, 0.6) is 0 Å². The van der Waals surface area contributed by atoms with Crippen molar-refractivity contribution in [2.45, 2.75) is 59.7 Å². The van der Waals surface area contributed by atoms with Crippen LogP contribution in [0.4, 0.5) is 0 Å². The Morgan fingerprint density at radius 3 is 1.77 bits per heavy atom. The quantitative estimate of drug-likeness (QED) is 0.710. The van der Waals surface area contributed by atoms with E-state index >= 15 is 0 Å². The summed E-state index contributed by atoms with van der Waals surface area (Å²) in [4.78, 5) is 0. The molecule has 80 valence electrons. The molecule has 0 spiro atoms. The Morgan fingerprint density at radius 1 is 1.00 bits per heavy atom. The summed E-state index contributed by atoms with van der Waals surface area (Å²) in [7, 11) is 0. The van der Waals surface area contributed by atoms with Crippen molar-refractivity contribution in [1.82, 2.24) is 0 Å². The minimum Gasteiger partial charge on any atom is -0.393 e. The summed E-state index contributed by atoms with van der Waals surface area (Å²) in [5, 5.41) is 19.3. The van der Waals surface area contributed by atoms with Crippen LogP contribution >= 0.6 is 0 Å². The molecule has 13 heavy (non-hydrogen) atoms. The molecule has 0 heterocycles. The summed E-state index contributed by atoms with van der Waals surface area (Å²) in [6, 6.07) is 0. The Labute approximate surface area is 82.0 Å². The molecule has 0 rings (SSSR count). The lowest BCUT2D eigenvalue weighted by Crippen LogP contribution is -2.30. The van der Waals surface area contributed by atoms with Crippen LogP contribution in [0.3, 0.4) is 0 Å². The maximum atomic E-state index is 9.71. The fraction of sp³-hybridized carbons (Fsp3) is 1.00. The molecule has 0 aromatic rings. The number of hydrogen-bond acceptors (Lipinski definition) is 2. The van der Waals surface area contributed by atoms with E-state index in [2.05, 4.69) is 13.8 Å². The van der Waals surface area contributed by atoms with Crippen LogP contribution in [0.2, 0.25) is 0 Å². The van der Waals surface area contributed by atoms with E-state index in [1.165, 1.54) is 0 Å². The molecule has 0 aliphatic heterocycles. The van der Waals surface area contributed by atoms with E-state index in [9.17, 15) is 10.2 Å². The van der Waals surface area contributed by atoms with E-state index in [4.69, 9.17) is 0 Å². The van der Waals surface area contributed by atoms with Gasteiger partial charge in [0.15, 0.2) is 0 Å². The van der Waals surface area contributed by atoms with E-state index in [1.807, 2.05) is 20.8 Å². The van der Waals surface area contributed by atoms with Crippen molar-refractivity contribution in [3.63, 3.8) is 0 Å². The van der Waals surface area contributed by atoms with Crippen LogP contribution in [0.1, 0.15) is 47.5 Å². The second-order valence-corrected chi connectivity index (χ2v) is 5.40. The molecule has 0 aliphatic carbocycles. The van der Waals surface area contributed by atoms with E-state index < -0.39 is 6.10 Å². The Kier molecular flexibility index (Phi) is 4.93. The molecule has 0 saturated heterocycles. The molecule has 2 N–H and O–H groups in total. The van der Waals surface area contributed by atoms with Crippen LogP contribution in [0.15, 0.2) is 0 Å². The summed E-state index contributed by atoms with van der Waals surface area (Å²) < 4.78 is 0. The molecule has 2 heteroatoms. The Hall–Kier alpha value is -0.0800. The summed E-state index contributed by atoms with van der Waals surface area (Å²) in [6.07, 6.45) is 0.477. The van der Waals surface area contributed by atoms with Gasteiger partial charge in [-0.3, -0.25) is 0 Å². The molecule has 0 fully saturated rings. The lowest BCUT2D eigenvalue weighted by atomic mass is 9.85. The summed E-state index contributed by atoms with van der Waals surface area (Å²) in [6.45, 7) is 10.1. The number of aliphatic hydroxyl groups is 2. The molecule has 0 bridgehead atoms. The molecule has 2 unspecified atom stereocenters. The minimum atomic E-state index is -0.416. The fourth-order valence-corrected chi connectivity index (χ4v) is 1.25. The fourth-order valence-electron chi connectivity index (χ4n) is 1.25. The molecule has 0 saturated carbocycles. The Morgan fingerprint density at radius 2 is 1.46 bits per heavy atom. The van der Waals surface area contributed by atoms with Gasteiger partial charge in [0.1, 0.15) is 0 Å². The van der Waals surface area contributed by atoms with Gasteiger partial charge < -0.3 is 10.2 Å². The third kappa shape index (κ3) is 6.05. The highest BCUT2D eigenvalue weighted by Crippen LogP contribution is 2.24. The highest BCUT2D eigenvalue weighted by atomic mass is 16.3. The molecule has 2 nitrogen and oxygen atoms in total. The van der Waals surface area contributed by atoms with E-state index in [-0.39, 0.29) is 11.5 Å². The Balaban J connectivity index is 3.85. The van der Waals surface area contributed by atoms with Gasteiger partial charge in [-0.1, -0.05) is 34.6 Å². The third-order valence-corrected chi connectivity index (χ3v) is 2.24. The smallest absolute Gasteiger partial charge is 0.0613 e. The van der Waals surface area contributed by atoms with Crippen molar-refractivity contribution in [2.75, 3.05) is 0 Å². The van der Waals surface area contributed by atoms with Gasteiger partial charge in [-0.05, 0) is 24.2 Å². The molecule has 0 aromatic heterocycles. The third-order valence-electron chi connectivity index (χ3n) is 2.24. The zero-order chi connectivity index (χ0) is 10.6. The monoisotopic (exact) mass is 188 g/mol. The standard InChI is InChI=1S/C11H24O2/c1-8(2)6-9(12)7-10(13)11(3,4)5/h8-10,12-13H,6-7H2,1-5H3. The average molecular weight is 188 g/mol. The summed E-state index contributed by atoms with van der Waals surface area (Å²) in [5.74, 6) is 0.488. The summed E-state index contributed by atoms with van der Waals surface area (Å²) >= 11 is 0. The van der Waals surface area contributed by atoms with Crippen molar-refractivity contribution in [2.24, 2.45) is 11.3 Å². The lowest BCUT2D eigenvalue weighted by Gasteiger charge is -2.28. The van der Waals surface area contributed by atoms with Gasteiger partial charge in [-0.25, -0.2) is 0 Å². The molecular weight excluding hydrogens is 164 g/mol. The van der Waals surface area contributed by atoms with Crippen LogP contribution in [0.25, 0.3) is 0 Å². The average Bonchev–Trinajstić information content (AvgIpc) is 1.82. The second-order valence-electron chi connectivity index (χ2n) is 5.40. The highest BCUT2D eigenvalue weighted by Gasteiger charge is 2.24. The van der Waals surface area contributed by atoms with Gasteiger partial charge in [0, 0.05) is 0 Å². The molecule has 0 radical (unpaired) electrons. The molecule has 0 aromatic carbocycles. The van der Waals surface area contributed by atoms with Gasteiger partial charge in [-0.15, -0.1) is 0 Å². The first-order valence-corrected chi connectivity index (χ1v) is 5.09. The highest BCUT2D eigenvalue weighted by molar-refractivity contribution is 4.75. The predicted octanol–water partition coefficient (Wildman–Crippen LogP) is 2.19. The van der Waals surface area contributed by atoms with Crippen molar-refractivity contribution in [1.29, 1.82) is 0 Å². The first kappa shape index (κ1) is 12.9. The number of hydrogen-bond donors (Lipinski definition) is 2. The zero-order valence-electron chi connectivity index (χ0n) is 9.54. The van der Waals surface area contributed by atoms with Crippen LogP contribution < -0.4 is 0 Å². The normalized spacial score (nSPS) is 17.5. The first-order valence-electron chi connectivity index (χ1n) is 5.09. The van der Waals surface area contributed by atoms with E-state index in [0.29, 0.717) is 12.3 Å². The predicted molar refractivity (Wildman–Crippen MR) is 55.5 cm³/mol. The zero-order valence-corrected chi connectivity index (χ0v) is 9.54. The van der Waals surface area contributed by atoms with Gasteiger partial charge in [0.25, 0.3) is 0 Å². The van der Waals surface area contributed by atoms with Gasteiger partial charge in [0.2, 0.25) is 0 Å². The maximum Gasteiger partial charge on any atom is 0.0613 e. The largest absolute Gasteiger partial charge is 0.393 e. The number of aliphatic hydroxyl groups excluding tert-OH is 2. The topological polar surface area (TPSA) is 40.5 Å². The summed E-state index contributed by atoms with van der Waals surface area (Å²) in [5.41, 5.74) is -0.127. The van der Waals surface area contributed by atoms with Crippen molar-refractivity contribution in [3.8, 4) is 0 Å². The van der Waals surface area contributed by atoms with E-state index in [0.717, 1.165) is 6.42 Å². The van der Waals surface area contributed by atoms with E-state index in [1.54, 1.807) is 0 Å². The van der Waals surface area contributed by atoms with Crippen molar-refractivity contribution < 1.29 is 10.2 Å². The van der Waals surface area contributed by atoms with Crippen LogP contribution in [-0.4, -0.2) is 22.4 Å². The molecule has 0 aliphatic rings. The van der Waals surface area contributed by atoms with Crippen LogP contribution in [-0.2, 0) is 0 Å². The van der Waals surface area contributed by atoms with Crippen LogP contribution in [0, 0.1) is 11.3 Å². The Bertz CT molecular complexity index is 136. The maximum absolute atomic E-state index is 9.71. The SMILES string of the molecule is CC(C)CC(O)CC(O)C(C)(C)C. The van der Waals surface area contributed by atoms with Crippen molar-refractivity contribution >= 4 is 0 Å². The van der Waals surface area contributed by atoms with Crippen molar-refractivity contribution in [3.05, 3.63) is 0 Å². The lowest BCUT2D eigenvalue weighted by molar-refractivity contribution is 0.00798. The minimum absolute atomic E-state index is 0.127. The first-order chi connectivity index (χ1) is 5.73. The van der Waals surface area contributed by atoms with Gasteiger partial charge in [-0.2, -0.15) is 0 Å². The van der Waals surface area contributed by atoms with Gasteiger partial charge >= 0.3 is 0 Å². The van der Waals surface area contributed by atoms with Gasteiger partial charge in [0.05, 0.1) is 12.2 Å². The molecular formula is C11H24O2. The number of rotatable bonds is 4.